The van der Waals surface area contributed by atoms with Gasteiger partial charge in [-0.15, -0.1) is 0 Å². The molecule has 4 atom stereocenters. The van der Waals surface area contributed by atoms with Gasteiger partial charge in [0.1, 0.15) is 13.1 Å². The fourth-order valence-corrected chi connectivity index (χ4v) is 6.44. The molecule has 8 heteroatoms. The van der Waals surface area contributed by atoms with Gasteiger partial charge in [0.2, 0.25) is 13.6 Å². The first-order valence-corrected chi connectivity index (χ1v) is 12.8. The standard InChI is InChI=1S/C28H38N2O4.2HI/c1-19-9-21-11-25-27(33-17-31-25)13-23(21)15-29(19,3)7-5-6-8-30(4)16-24-14-28-26(32-18-34-28)12-22(24)10-20(30)2;;/h11-14,19-20H,5-10,15-18H2,1-4H3;2*1H/q+2;;/p-2. The Morgan fingerprint density at radius 2 is 0.944 bits per heavy atom. The zero-order chi connectivity index (χ0) is 23.5. The first-order valence-electron chi connectivity index (χ1n) is 12.8. The summed E-state index contributed by atoms with van der Waals surface area (Å²) in [6, 6.07) is 10.1. The van der Waals surface area contributed by atoms with E-state index in [4.69, 9.17) is 18.9 Å². The van der Waals surface area contributed by atoms with Crippen LogP contribution in [0.2, 0.25) is 0 Å². The van der Waals surface area contributed by atoms with Gasteiger partial charge in [0.25, 0.3) is 0 Å². The molecule has 0 radical (unpaired) electrons. The number of rotatable bonds is 5. The van der Waals surface area contributed by atoms with Crippen molar-refractivity contribution in [2.45, 2.75) is 64.7 Å². The summed E-state index contributed by atoms with van der Waals surface area (Å²) >= 11 is 0. The quantitative estimate of drug-likeness (QED) is 0.213. The molecule has 0 amide bonds. The van der Waals surface area contributed by atoms with Gasteiger partial charge in [0.15, 0.2) is 23.0 Å². The summed E-state index contributed by atoms with van der Waals surface area (Å²) in [6.45, 7) is 10.1. The van der Waals surface area contributed by atoms with E-state index >= 15 is 0 Å². The highest BCUT2D eigenvalue weighted by Gasteiger charge is 2.38. The molecule has 4 aliphatic heterocycles. The SMILES string of the molecule is CC1Cc2cc3c(cc2C[N+]1(C)CCCC[N+]1(C)Cc2cc4c(cc2CC1C)OCO4)OCO3.[I-].[I-]. The smallest absolute Gasteiger partial charge is 0.231 e. The number of halogens is 2. The van der Waals surface area contributed by atoms with E-state index in [1.807, 2.05) is 0 Å². The molecule has 4 aliphatic rings. The Labute approximate surface area is 249 Å². The Morgan fingerprint density at radius 1 is 0.611 bits per heavy atom. The second kappa shape index (κ2) is 10.6. The molecule has 0 saturated heterocycles. The maximum atomic E-state index is 5.65. The Balaban J connectivity index is 0.00000152. The molecular formula is C28H38I2N2O4. The van der Waals surface area contributed by atoms with Gasteiger partial charge in [-0.1, -0.05) is 0 Å². The zero-order valence-electron chi connectivity index (χ0n) is 21.8. The van der Waals surface area contributed by atoms with E-state index in [9.17, 15) is 0 Å². The van der Waals surface area contributed by atoms with Crippen LogP contribution in [0.4, 0.5) is 0 Å². The van der Waals surface area contributed by atoms with Crippen LogP contribution in [0.5, 0.6) is 23.0 Å². The number of quaternary nitrogens is 2. The molecule has 0 fully saturated rings. The van der Waals surface area contributed by atoms with Crippen molar-refractivity contribution in [2.24, 2.45) is 0 Å². The Hall–Kier alpha value is -0.980. The van der Waals surface area contributed by atoms with E-state index in [2.05, 4.69) is 52.2 Å². The largest absolute Gasteiger partial charge is 1.00 e. The van der Waals surface area contributed by atoms with Crippen molar-refractivity contribution in [1.29, 1.82) is 0 Å². The van der Waals surface area contributed by atoms with Crippen LogP contribution in [0.1, 0.15) is 48.9 Å². The number of likely N-dealkylation sites (N-methyl/N-ethyl adjacent to an activating group) is 2. The highest BCUT2D eigenvalue weighted by molar-refractivity contribution is 5.50. The lowest BCUT2D eigenvalue weighted by molar-refractivity contribution is -0.952. The fourth-order valence-electron chi connectivity index (χ4n) is 6.44. The van der Waals surface area contributed by atoms with Gasteiger partial charge >= 0.3 is 0 Å². The van der Waals surface area contributed by atoms with Crippen molar-refractivity contribution < 1.29 is 75.9 Å². The maximum Gasteiger partial charge on any atom is 0.231 e. The average Bonchev–Trinajstić information content (AvgIpc) is 3.44. The van der Waals surface area contributed by atoms with Crippen LogP contribution in [-0.2, 0) is 25.9 Å². The predicted molar refractivity (Wildman–Crippen MR) is 130 cm³/mol. The van der Waals surface area contributed by atoms with Crippen LogP contribution in [0.15, 0.2) is 24.3 Å². The third kappa shape index (κ3) is 5.03. The Morgan fingerprint density at radius 3 is 1.31 bits per heavy atom. The summed E-state index contributed by atoms with van der Waals surface area (Å²) in [4.78, 5) is 0. The minimum atomic E-state index is 0. The van der Waals surface area contributed by atoms with E-state index in [-0.39, 0.29) is 48.0 Å². The molecule has 2 aromatic rings. The summed E-state index contributed by atoms with van der Waals surface area (Å²) in [5.41, 5.74) is 5.74. The molecule has 0 saturated carbocycles. The lowest BCUT2D eigenvalue weighted by Gasteiger charge is -2.45. The van der Waals surface area contributed by atoms with E-state index in [0.29, 0.717) is 25.7 Å². The summed E-state index contributed by atoms with van der Waals surface area (Å²) in [6.07, 6.45) is 4.74. The van der Waals surface area contributed by atoms with Gasteiger partial charge < -0.3 is 75.9 Å². The third-order valence-corrected chi connectivity index (χ3v) is 9.20. The van der Waals surface area contributed by atoms with Crippen LogP contribution in [0.3, 0.4) is 0 Å². The van der Waals surface area contributed by atoms with Gasteiger partial charge in [0, 0.05) is 36.8 Å². The molecule has 4 unspecified atom stereocenters. The van der Waals surface area contributed by atoms with Gasteiger partial charge in [-0.2, -0.15) is 0 Å². The maximum absolute atomic E-state index is 5.65. The summed E-state index contributed by atoms with van der Waals surface area (Å²) < 4.78 is 24.7. The molecule has 0 bridgehead atoms. The lowest BCUT2D eigenvalue weighted by atomic mass is 9.91. The van der Waals surface area contributed by atoms with Gasteiger partial charge in [-0.05, 0) is 49.2 Å². The highest BCUT2D eigenvalue weighted by atomic mass is 127. The van der Waals surface area contributed by atoms with Crippen molar-refractivity contribution >= 4 is 0 Å². The number of hydrogen-bond acceptors (Lipinski definition) is 4. The molecule has 0 spiro atoms. The number of nitrogens with zero attached hydrogens (tertiary/aromatic N) is 2. The molecular weight excluding hydrogens is 682 g/mol. The van der Waals surface area contributed by atoms with Crippen LogP contribution >= 0.6 is 0 Å². The van der Waals surface area contributed by atoms with Crippen molar-refractivity contribution in [2.75, 3.05) is 40.8 Å². The topological polar surface area (TPSA) is 36.9 Å². The molecule has 6 nitrogen and oxygen atoms in total. The zero-order valence-corrected chi connectivity index (χ0v) is 26.1. The lowest BCUT2D eigenvalue weighted by Crippen LogP contribution is -3.00. The Kier molecular flexibility index (Phi) is 8.29. The second-order valence-electron chi connectivity index (χ2n) is 11.5. The van der Waals surface area contributed by atoms with E-state index in [1.54, 1.807) is 0 Å². The van der Waals surface area contributed by atoms with Gasteiger partial charge in [0.05, 0.1) is 39.3 Å². The molecule has 198 valence electrons. The van der Waals surface area contributed by atoms with E-state index in [0.717, 1.165) is 57.9 Å². The van der Waals surface area contributed by atoms with Crippen LogP contribution in [0, 0.1) is 0 Å². The summed E-state index contributed by atoms with van der Waals surface area (Å²) in [7, 11) is 4.88. The average molecular weight is 720 g/mol. The molecule has 36 heavy (non-hydrogen) atoms. The van der Waals surface area contributed by atoms with Crippen LogP contribution < -0.4 is 66.9 Å². The minimum absolute atomic E-state index is 0. The molecule has 2 aromatic carbocycles. The third-order valence-electron chi connectivity index (χ3n) is 9.20. The molecule has 4 heterocycles. The van der Waals surface area contributed by atoms with Gasteiger partial charge in [-0.25, -0.2) is 0 Å². The van der Waals surface area contributed by atoms with E-state index in [1.165, 1.54) is 48.2 Å². The number of ether oxygens (including phenoxy) is 4. The summed E-state index contributed by atoms with van der Waals surface area (Å²) in [5, 5.41) is 0. The van der Waals surface area contributed by atoms with Crippen molar-refractivity contribution in [3.8, 4) is 23.0 Å². The first-order chi connectivity index (χ1) is 16.3. The molecule has 0 aromatic heterocycles. The van der Waals surface area contributed by atoms with Crippen molar-refractivity contribution in [3.63, 3.8) is 0 Å². The molecule has 0 N–H and O–H groups in total. The van der Waals surface area contributed by atoms with Crippen LogP contribution in [-0.4, -0.2) is 61.8 Å². The number of fused-ring (bicyclic) bond motifs is 4. The monoisotopic (exact) mass is 720 g/mol. The minimum Gasteiger partial charge on any atom is -1.00 e. The number of hydrogen-bond donors (Lipinski definition) is 0. The van der Waals surface area contributed by atoms with E-state index < -0.39 is 0 Å². The van der Waals surface area contributed by atoms with Gasteiger partial charge in [-0.3, -0.25) is 0 Å². The summed E-state index contributed by atoms with van der Waals surface area (Å²) in [5.74, 6) is 3.67. The van der Waals surface area contributed by atoms with Crippen molar-refractivity contribution in [1.82, 2.24) is 0 Å². The van der Waals surface area contributed by atoms with Crippen molar-refractivity contribution in [3.05, 3.63) is 46.5 Å². The number of benzene rings is 2. The first kappa shape index (κ1) is 28.0. The molecule has 6 rings (SSSR count). The molecule has 0 aliphatic carbocycles. The normalized spacial score (nSPS) is 29.0. The number of unbranched alkanes of at least 4 members (excludes halogenated alkanes) is 1. The Bertz CT molecular complexity index is 1040. The fraction of sp³-hybridized carbons (Fsp3) is 0.571. The van der Waals surface area contributed by atoms with Crippen LogP contribution in [0.25, 0.3) is 0 Å². The second-order valence-corrected chi connectivity index (χ2v) is 11.5. The predicted octanol–water partition coefficient (Wildman–Crippen LogP) is -1.59. The highest BCUT2D eigenvalue weighted by Crippen LogP contribution is 2.41.